The monoisotopic (exact) mass is 509 g/mol. The van der Waals surface area contributed by atoms with E-state index in [0.717, 1.165) is 29.5 Å². The van der Waals surface area contributed by atoms with Gasteiger partial charge in [-0.25, -0.2) is 8.78 Å². The fraction of sp³-hybridized carbons (Fsp3) is 0.214. The van der Waals surface area contributed by atoms with Gasteiger partial charge >= 0.3 is 0 Å². The Hall–Kier alpha value is -4.40. The summed E-state index contributed by atoms with van der Waals surface area (Å²) in [6.45, 7) is 4.26. The number of aryl methyl sites for hydroxylation is 1. The molecular formula is C28H25F2NO6. The van der Waals surface area contributed by atoms with Gasteiger partial charge < -0.3 is 19.7 Å². The van der Waals surface area contributed by atoms with E-state index in [1.807, 2.05) is 6.92 Å². The molecule has 0 saturated carbocycles. The number of ether oxygens (including phenoxy) is 2. The standard InChI is InChI=1S/C28H25F2NO6/c1-4-11-37-22-9-6-17(12-15(22)2)26(33)24-25(16-5-10-23(36-3)21(32)13-16)31(28(35)27(24)34)18-7-8-19(29)20(30)14-18/h5-10,12-14,25,32-33H,4,11H2,1-3H3/b26-24+. The summed E-state index contributed by atoms with van der Waals surface area (Å²) in [5, 5.41) is 21.7. The van der Waals surface area contributed by atoms with Crippen LogP contribution in [-0.2, 0) is 9.59 Å². The number of aliphatic hydroxyl groups excluding tert-OH is 1. The predicted octanol–water partition coefficient (Wildman–Crippen LogP) is 5.40. The van der Waals surface area contributed by atoms with E-state index in [9.17, 15) is 28.6 Å². The van der Waals surface area contributed by atoms with Crippen molar-refractivity contribution in [1.29, 1.82) is 0 Å². The van der Waals surface area contributed by atoms with Crippen LogP contribution in [0.2, 0.25) is 0 Å². The summed E-state index contributed by atoms with van der Waals surface area (Å²) in [4.78, 5) is 27.4. The topological polar surface area (TPSA) is 96.3 Å². The first-order valence-electron chi connectivity index (χ1n) is 11.5. The number of hydrogen-bond donors (Lipinski definition) is 2. The van der Waals surface area contributed by atoms with E-state index in [4.69, 9.17) is 9.47 Å². The Kier molecular flexibility index (Phi) is 7.15. The summed E-state index contributed by atoms with van der Waals surface area (Å²) in [5.41, 5.74) is 0.822. The van der Waals surface area contributed by atoms with Gasteiger partial charge in [0.1, 0.15) is 11.5 Å². The van der Waals surface area contributed by atoms with Crippen molar-refractivity contribution in [3.63, 3.8) is 0 Å². The minimum Gasteiger partial charge on any atom is -0.507 e. The average Bonchev–Trinajstić information content (AvgIpc) is 3.14. The largest absolute Gasteiger partial charge is 0.507 e. The van der Waals surface area contributed by atoms with Crippen molar-refractivity contribution in [2.45, 2.75) is 26.3 Å². The molecule has 1 aliphatic rings. The number of ketones is 1. The molecular weight excluding hydrogens is 484 g/mol. The molecule has 0 aliphatic carbocycles. The molecule has 2 N–H and O–H groups in total. The van der Waals surface area contributed by atoms with Crippen LogP contribution in [0.15, 0.2) is 60.2 Å². The molecule has 3 aromatic carbocycles. The van der Waals surface area contributed by atoms with E-state index in [-0.39, 0.29) is 33.9 Å². The summed E-state index contributed by atoms with van der Waals surface area (Å²) in [7, 11) is 1.36. The highest BCUT2D eigenvalue weighted by Crippen LogP contribution is 2.44. The first-order valence-corrected chi connectivity index (χ1v) is 11.5. The van der Waals surface area contributed by atoms with Crippen LogP contribution in [0.3, 0.4) is 0 Å². The van der Waals surface area contributed by atoms with E-state index in [0.29, 0.717) is 17.9 Å². The fourth-order valence-corrected chi connectivity index (χ4v) is 4.25. The van der Waals surface area contributed by atoms with Gasteiger partial charge in [-0.3, -0.25) is 14.5 Å². The summed E-state index contributed by atoms with van der Waals surface area (Å²) < 4.78 is 38.5. The zero-order chi connectivity index (χ0) is 26.9. The minimum absolute atomic E-state index is 0.0974. The number of amides is 1. The molecule has 1 fully saturated rings. The van der Waals surface area contributed by atoms with Gasteiger partial charge in [0.2, 0.25) is 0 Å². The van der Waals surface area contributed by atoms with Crippen molar-refractivity contribution < 1.29 is 38.1 Å². The van der Waals surface area contributed by atoms with Crippen molar-refractivity contribution in [2.75, 3.05) is 18.6 Å². The van der Waals surface area contributed by atoms with Crippen molar-refractivity contribution in [3.05, 3.63) is 88.5 Å². The molecule has 4 rings (SSSR count). The predicted molar refractivity (Wildman–Crippen MR) is 133 cm³/mol. The van der Waals surface area contributed by atoms with Crippen LogP contribution < -0.4 is 14.4 Å². The van der Waals surface area contributed by atoms with Crippen LogP contribution in [0.1, 0.15) is 36.1 Å². The Bertz CT molecular complexity index is 1420. The number of hydrogen-bond acceptors (Lipinski definition) is 6. The van der Waals surface area contributed by atoms with Crippen LogP contribution >= 0.6 is 0 Å². The van der Waals surface area contributed by atoms with Gasteiger partial charge in [-0.2, -0.15) is 0 Å². The maximum Gasteiger partial charge on any atom is 0.300 e. The first-order chi connectivity index (χ1) is 17.7. The number of halogens is 2. The first kappa shape index (κ1) is 25.7. The van der Waals surface area contributed by atoms with Gasteiger partial charge in [0.25, 0.3) is 11.7 Å². The molecule has 1 saturated heterocycles. The van der Waals surface area contributed by atoms with E-state index in [1.54, 1.807) is 25.1 Å². The Morgan fingerprint density at radius 1 is 1.00 bits per heavy atom. The van der Waals surface area contributed by atoms with E-state index < -0.39 is 35.1 Å². The lowest BCUT2D eigenvalue weighted by Gasteiger charge is -2.26. The second kappa shape index (κ2) is 10.3. The molecule has 9 heteroatoms. The second-order valence-electron chi connectivity index (χ2n) is 8.53. The van der Waals surface area contributed by atoms with Crippen LogP contribution in [0, 0.1) is 18.6 Å². The molecule has 1 unspecified atom stereocenters. The molecule has 1 amide bonds. The van der Waals surface area contributed by atoms with E-state index in [2.05, 4.69) is 0 Å². The third-order valence-electron chi connectivity index (χ3n) is 6.05. The Balaban J connectivity index is 1.91. The fourth-order valence-electron chi connectivity index (χ4n) is 4.25. The number of methoxy groups -OCH3 is 1. The molecule has 0 bridgehead atoms. The molecule has 1 atom stereocenters. The molecule has 0 radical (unpaired) electrons. The lowest BCUT2D eigenvalue weighted by Crippen LogP contribution is -2.29. The number of benzene rings is 3. The average molecular weight is 510 g/mol. The third kappa shape index (κ3) is 4.72. The van der Waals surface area contributed by atoms with Gasteiger partial charge in [0.15, 0.2) is 23.1 Å². The quantitative estimate of drug-likeness (QED) is 0.252. The van der Waals surface area contributed by atoms with Gasteiger partial charge in [0, 0.05) is 17.3 Å². The highest BCUT2D eigenvalue weighted by Gasteiger charge is 2.47. The van der Waals surface area contributed by atoms with Crippen molar-refractivity contribution >= 4 is 23.1 Å². The Labute approximate surface area is 212 Å². The second-order valence-corrected chi connectivity index (χ2v) is 8.53. The summed E-state index contributed by atoms with van der Waals surface area (Å²) in [6.07, 6.45) is 0.809. The zero-order valence-electron chi connectivity index (χ0n) is 20.4. The summed E-state index contributed by atoms with van der Waals surface area (Å²) in [5.74, 6) is -4.39. The smallest absolute Gasteiger partial charge is 0.300 e. The SMILES string of the molecule is CCCOc1ccc(/C(O)=C2\C(=O)C(=O)N(c3ccc(F)c(F)c3)C2c2ccc(OC)c(O)c2)cc1C. The maximum atomic E-state index is 14.1. The van der Waals surface area contributed by atoms with E-state index >= 15 is 0 Å². The van der Waals surface area contributed by atoms with Crippen LogP contribution in [-0.4, -0.2) is 35.6 Å². The molecule has 0 aromatic heterocycles. The molecule has 37 heavy (non-hydrogen) atoms. The molecule has 7 nitrogen and oxygen atoms in total. The molecule has 1 heterocycles. The number of carbonyl (C=O) groups is 2. The van der Waals surface area contributed by atoms with Crippen molar-refractivity contribution in [2.24, 2.45) is 0 Å². The number of nitrogens with zero attached hydrogens (tertiary/aromatic N) is 1. The van der Waals surface area contributed by atoms with Gasteiger partial charge in [-0.05, 0) is 66.9 Å². The Morgan fingerprint density at radius 2 is 1.73 bits per heavy atom. The Morgan fingerprint density at radius 3 is 2.35 bits per heavy atom. The van der Waals surface area contributed by atoms with Crippen molar-refractivity contribution in [3.8, 4) is 17.2 Å². The highest BCUT2D eigenvalue weighted by molar-refractivity contribution is 6.51. The minimum atomic E-state index is -1.25. The maximum absolute atomic E-state index is 14.1. The number of aromatic hydroxyl groups is 1. The van der Waals surface area contributed by atoms with Crippen LogP contribution in [0.5, 0.6) is 17.2 Å². The number of anilines is 1. The van der Waals surface area contributed by atoms with Crippen LogP contribution in [0.4, 0.5) is 14.5 Å². The van der Waals surface area contributed by atoms with Gasteiger partial charge in [0.05, 0.1) is 25.3 Å². The molecule has 3 aromatic rings. The number of phenolic OH excluding ortho intramolecular Hbond substituents is 1. The summed E-state index contributed by atoms with van der Waals surface area (Å²) >= 11 is 0. The van der Waals surface area contributed by atoms with Gasteiger partial charge in [-0.15, -0.1) is 0 Å². The molecule has 1 aliphatic heterocycles. The van der Waals surface area contributed by atoms with E-state index in [1.165, 1.54) is 25.3 Å². The lowest BCUT2D eigenvalue weighted by atomic mass is 9.94. The third-order valence-corrected chi connectivity index (χ3v) is 6.05. The summed E-state index contributed by atoms with van der Waals surface area (Å²) in [6, 6.07) is 10.6. The van der Waals surface area contributed by atoms with Crippen molar-refractivity contribution in [1.82, 2.24) is 0 Å². The van der Waals surface area contributed by atoms with Gasteiger partial charge in [-0.1, -0.05) is 13.0 Å². The number of carbonyl (C=O) groups excluding carboxylic acids is 2. The van der Waals surface area contributed by atoms with Crippen LogP contribution in [0.25, 0.3) is 5.76 Å². The highest BCUT2D eigenvalue weighted by atomic mass is 19.2. The lowest BCUT2D eigenvalue weighted by molar-refractivity contribution is -0.132. The number of rotatable bonds is 7. The number of aliphatic hydroxyl groups is 1. The molecule has 0 spiro atoms. The zero-order valence-corrected chi connectivity index (χ0v) is 20.4. The number of Topliss-reactive ketones (excluding diaryl/α,β-unsaturated/α-hetero) is 1. The molecule has 192 valence electrons. The number of phenols is 1. The normalized spacial score (nSPS) is 16.8.